The van der Waals surface area contributed by atoms with Crippen LogP contribution >= 0.6 is 11.6 Å². The number of amides is 2. The minimum Gasteiger partial charge on any atom is -0.443 e. The summed E-state index contributed by atoms with van der Waals surface area (Å²) in [5.41, 5.74) is -0.953. The summed E-state index contributed by atoms with van der Waals surface area (Å²) in [5, 5.41) is 19.9. The topological polar surface area (TPSA) is 105 Å². The number of H-pyrrole nitrogens is 1. The molecule has 0 bridgehead atoms. The molecule has 8 nitrogen and oxygen atoms in total. The van der Waals surface area contributed by atoms with Gasteiger partial charge in [0, 0.05) is 17.0 Å². The van der Waals surface area contributed by atoms with E-state index in [0.29, 0.717) is 17.9 Å². The predicted molar refractivity (Wildman–Crippen MR) is 124 cm³/mol. The van der Waals surface area contributed by atoms with E-state index in [-0.39, 0.29) is 24.3 Å². The zero-order valence-corrected chi connectivity index (χ0v) is 20.7. The molecule has 4 rings (SSSR count). The first-order valence-electron chi connectivity index (χ1n) is 11.3. The van der Waals surface area contributed by atoms with Gasteiger partial charge in [0.05, 0.1) is 17.3 Å². The first kappa shape index (κ1) is 23.8. The summed E-state index contributed by atoms with van der Waals surface area (Å²) in [6, 6.07) is 3.58. The van der Waals surface area contributed by atoms with Gasteiger partial charge in [0.15, 0.2) is 0 Å². The number of carbonyl (C=O) groups excluding carboxylic acids is 2. The maximum Gasteiger partial charge on any atom is 0.419 e. The minimum absolute atomic E-state index is 0.0873. The van der Waals surface area contributed by atoms with Gasteiger partial charge >= 0.3 is 12.2 Å². The highest BCUT2D eigenvalue weighted by molar-refractivity contribution is 6.31. The summed E-state index contributed by atoms with van der Waals surface area (Å²) in [7, 11) is 0. The number of hydrogen-bond acceptors (Lipinski definition) is 6. The Bertz CT molecular complexity index is 1040. The Morgan fingerprint density at radius 3 is 2.18 bits per heavy atom. The zero-order valence-electron chi connectivity index (χ0n) is 19.9. The van der Waals surface area contributed by atoms with Gasteiger partial charge in [0.1, 0.15) is 11.2 Å². The van der Waals surface area contributed by atoms with E-state index in [2.05, 4.69) is 10.2 Å². The van der Waals surface area contributed by atoms with Crippen molar-refractivity contribution in [3.8, 4) is 0 Å². The second-order valence-electron chi connectivity index (χ2n) is 11.3. The van der Waals surface area contributed by atoms with Crippen LogP contribution in [-0.2, 0) is 15.1 Å². The van der Waals surface area contributed by atoms with E-state index in [4.69, 9.17) is 21.1 Å². The summed E-state index contributed by atoms with van der Waals surface area (Å²) in [6.07, 6.45) is 1.32. The van der Waals surface area contributed by atoms with E-state index in [0.717, 1.165) is 21.4 Å². The normalized spacial score (nSPS) is 26.7. The fourth-order valence-electron chi connectivity index (χ4n) is 4.95. The molecule has 2 saturated carbocycles. The molecule has 9 heteroatoms. The molecule has 0 unspecified atom stereocenters. The number of carbonyl (C=O) groups is 2. The van der Waals surface area contributed by atoms with E-state index < -0.39 is 29.0 Å². The van der Waals surface area contributed by atoms with Crippen molar-refractivity contribution in [1.82, 2.24) is 15.1 Å². The minimum atomic E-state index is -1.03. The number of aromatic nitrogens is 2. The molecule has 1 aromatic heterocycles. The number of fused-ring (bicyclic) bond motifs is 2. The van der Waals surface area contributed by atoms with Crippen molar-refractivity contribution >= 4 is 34.7 Å². The van der Waals surface area contributed by atoms with Crippen molar-refractivity contribution in [2.24, 2.45) is 17.8 Å². The van der Waals surface area contributed by atoms with Crippen LogP contribution in [0.1, 0.15) is 59.9 Å². The van der Waals surface area contributed by atoms with Gasteiger partial charge in [-0.05, 0) is 89.8 Å². The third-order valence-corrected chi connectivity index (χ3v) is 6.52. The highest BCUT2D eigenvalue weighted by atomic mass is 35.5. The Kier molecular flexibility index (Phi) is 5.69. The molecule has 1 aromatic carbocycles. The quantitative estimate of drug-likeness (QED) is 0.627. The van der Waals surface area contributed by atoms with Gasteiger partial charge in [-0.25, -0.2) is 14.5 Å². The Hall–Kier alpha value is -2.32. The number of aromatic amines is 1. The molecule has 2 amide bonds. The van der Waals surface area contributed by atoms with Gasteiger partial charge in [0.2, 0.25) is 0 Å². The molecule has 0 saturated heterocycles. The molecule has 2 N–H and O–H groups in total. The average Bonchev–Trinajstić information content (AvgIpc) is 2.99. The van der Waals surface area contributed by atoms with Gasteiger partial charge in [-0.1, -0.05) is 11.6 Å². The van der Waals surface area contributed by atoms with Crippen molar-refractivity contribution in [2.75, 3.05) is 6.54 Å². The second kappa shape index (κ2) is 7.87. The van der Waals surface area contributed by atoms with Crippen LogP contribution in [0.25, 0.3) is 10.9 Å². The molecule has 4 atom stereocenters. The molecule has 2 fully saturated rings. The molecular weight excluding hydrogens is 446 g/mol. The fraction of sp³-hybridized carbons (Fsp3) is 0.625. The number of rotatable bonds is 3. The summed E-state index contributed by atoms with van der Waals surface area (Å²) in [4.78, 5) is 26.7. The largest absolute Gasteiger partial charge is 0.443 e. The van der Waals surface area contributed by atoms with Crippen LogP contribution in [0.4, 0.5) is 9.59 Å². The van der Waals surface area contributed by atoms with Crippen molar-refractivity contribution < 1.29 is 24.2 Å². The van der Waals surface area contributed by atoms with E-state index in [9.17, 15) is 14.7 Å². The molecule has 180 valence electrons. The Balaban J connectivity index is 1.49. The van der Waals surface area contributed by atoms with Crippen molar-refractivity contribution in [1.29, 1.82) is 0 Å². The van der Waals surface area contributed by atoms with Crippen LogP contribution in [0, 0.1) is 17.8 Å². The highest BCUT2D eigenvalue weighted by Gasteiger charge is 2.62. The highest BCUT2D eigenvalue weighted by Crippen LogP contribution is 2.64. The number of ether oxygens (including phenoxy) is 2. The lowest BCUT2D eigenvalue weighted by atomic mass is 9.85. The lowest BCUT2D eigenvalue weighted by Crippen LogP contribution is -2.45. The van der Waals surface area contributed by atoms with E-state index >= 15 is 0 Å². The van der Waals surface area contributed by atoms with Crippen LogP contribution in [-0.4, -0.2) is 50.1 Å². The van der Waals surface area contributed by atoms with E-state index in [1.807, 2.05) is 0 Å². The van der Waals surface area contributed by atoms with E-state index in [1.165, 1.54) is 0 Å². The number of imide groups is 1. The van der Waals surface area contributed by atoms with Crippen molar-refractivity contribution in [3.63, 3.8) is 0 Å². The molecular formula is C24H32ClN3O5. The van der Waals surface area contributed by atoms with Crippen molar-refractivity contribution in [3.05, 3.63) is 28.9 Å². The third-order valence-electron chi connectivity index (χ3n) is 6.30. The van der Waals surface area contributed by atoms with Crippen LogP contribution in [0.5, 0.6) is 0 Å². The standard InChI is InChI=1S/C24H32ClN3O5/c1-22(2,3)32-20(29)28(21(30)33-23(4,5)6)12-17-14-9-24(31,10-15(14)17)18-7-13(25)8-19-16(18)11-26-27-19/h7-8,11,14-15,17,31H,9-10,12H2,1-6H3,(H,26,27)/t14-,15+,17+,24+. The predicted octanol–water partition coefficient (Wildman–Crippen LogP) is 5.23. The van der Waals surface area contributed by atoms with Gasteiger partial charge in [0.25, 0.3) is 0 Å². The third kappa shape index (κ3) is 4.96. The van der Waals surface area contributed by atoms with Crippen molar-refractivity contribution in [2.45, 2.75) is 71.2 Å². The van der Waals surface area contributed by atoms with Gasteiger partial charge in [-0.2, -0.15) is 5.10 Å². The molecule has 2 aliphatic carbocycles. The Morgan fingerprint density at radius 2 is 1.67 bits per heavy atom. The Labute approximate surface area is 198 Å². The molecule has 0 radical (unpaired) electrons. The van der Waals surface area contributed by atoms with Crippen LogP contribution in [0.15, 0.2) is 18.3 Å². The lowest BCUT2D eigenvalue weighted by Gasteiger charge is -2.30. The SMILES string of the molecule is CC(C)(C)OC(=O)N(C[C@@H]1[C@H]2C[C@](O)(c3cc(Cl)cc4[nH]ncc34)C[C@@H]12)C(=O)OC(C)(C)C. The molecule has 1 heterocycles. The number of nitrogens with zero attached hydrogens (tertiary/aromatic N) is 2. The average molecular weight is 478 g/mol. The maximum absolute atomic E-state index is 12.8. The monoisotopic (exact) mass is 477 g/mol. The first-order valence-corrected chi connectivity index (χ1v) is 11.6. The van der Waals surface area contributed by atoms with Gasteiger partial charge in [-0.3, -0.25) is 5.10 Å². The van der Waals surface area contributed by atoms with Gasteiger partial charge < -0.3 is 14.6 Å². The van der Waals surface area contributed by atoms with Crippen LogP contribution in [0.2, 0.25) is 5.02 Å². The molecule has 33 heavy (non-hydrogen) atoms. The molecule has 2 aliphatic rings. The number of aliphatic hydroxyl groups is 1. The first-order chi connectivity index (χ1) is 15.2. The summed E-state index contributed by atoms with van der Waals surface area (Å²) < 4.78 is 10.9. The summed E-state index contributed by atoms with van der Waals surface area (Å²) in [5.74, 6) is 0.455. The molecule has 2 aromatic rings. The number of halogens is 1. The lowest BCUT2D eigenvalue weighted by molar-refractivity contribution is -0.00264. The Morgan fingerprint density at radius 1 is 1.12 bits per heavy atom. The zero-order chi connectivity index (χ0) is 24.3. The smallest absolute Gasteiger partial charge is 0.419 e. The maximum atomic E-state index is 12.8. The summed E-state index contributed by atoms with van der Waals surface area (Å²) in [6.45, 7) is 10.7. The fourth-order valence-corrected chi connectivity index (χ4v) is 5.17. The van der Waals surface area contributed by atoms with E-state index in [1.54, 1.807) is 59.9 Å². The van der Waals surface area contributed by atoms with Crippen LogP contribution < -0.4 is 0 Å². The second-order valence-corrected chi connectivity index (χ2v) is 11.7. The van der Waals surface area contributed by atoms with Crippen LogP contribution in [0.3, 0.4) is 0 Å². The summed E-state index contributed by atoms with van der Waals surface area (Å²) >= 11 is 6.27. The molecule has 0 aliphatic heterocycles. The number of nitrogens with one attached hydrogen (secondary N) is 1. The molecule has 0 spiro atoms. The number of hydrogen-bond donors (Lipinski definition) is 2. The van der Waals surface area contributed by atoms with Gasteiger partial charge in [-0.15, -0.1) is 0 Å². The number of benzene rings is 1.